The van der Waals surface area contributed by atoms with Crippen LogP contribution in [0.5, 0.6) is 0 Å². The monoisotopic (exact) mass is 146 g/mol. The number of fused-ring (bicyclic) bond motifs is 1. The van der Waals surface area contributed by atoms with E-state index in [2.05, 4.69) is 9.98 Å². The number of hydrogen-bond acceptors (Lipinski definition) is 3. The molecule has 0 N–H and O–H groups in total. The Morgan fingerprint density at radius 2 is 2.36 bits per heavy atom. The molecule has 1 aromatic heterocycles. The highest BCUT2D eigenvalue weighted by atomic mass is 16.5. The maximum absolute atomic E-state index is 4.98. The lowest BCUT2D eigenvalue weighted by molar-refractivity contribution is 0.460. The minimum absolute atomic E-state index is 0.696. The average molecular weight is 146 g/mol. The SMILES string of the molecule is C1=COC=c2cccnc2=N1. The van der Waals surface area contributed by atoms with Gasteiger partial charge in [0, 0.05) is 6.20 Å². The molecule has 1 aliphatic rings. The molecule has 0 radical (unpaired) electrons. The summed E-state index contributed by atoms with van der Waals surface area (Å²) in [6.07, 6.45) is 6.42. The van der Waals surface area contributed by atoms with E-state index in [1.807, 2.05) is 12.1 Å². The summed E-state index contributed by atoms with van der Waals surface area (Å²) in [5, 5.41) is 0.900. The maximum Gasteiger partial charge on any atom is 0.162 e. The normalized spacial score (nSPS) is 13.5. The van der Waals surface area contributed by atoms with E-state index in [-0.39, 0.29) is 0 Å². The van der Waals surface area contributed by atoms with Gasteiger partial charge in [-0.2, -0.15) is 0 Å². The van der Waals surface area contributed by atoms with Gasteiger partial charge in [0.1, 0.15) is 12.5 Å². The lowest BCUT2D eigenvalue weighted by Crippen LogP contribution is -2.26. The molecule has 0 saturated heterocycles. The van der Waals surface area contributed by atoms with Crippen molar-refractivity contribution in [2.24, 2.45) is 4.99 Å². The fraction of sp³-hybridized carbons (Fsp3) is 0. The van der Waals surface area contributed by atoms with Crippen molar-refractivity contribution in [1.82, 2.24) is 4.98 Å². The van der Waals surface area contributed by atoms with Crippen molar-refractivity contribution in [3.63, 3.8) is 0 Å². The summed E-state index contributed by atoms with van der Waals surface area (Å²) in [6.45, 7) is 0. The van der Waals surface area contributed by atoms with Crippen LogP contribution in [-0.2, 0) is 4.74 Å². The van der Waals surface area contributed by atoms with Crippen molar-refractivity contribution in [1.29, 1.82) is 0 Å². The topological polar surface area (TPSA) is 34.5 Å². The van der Waals surface area contributed by atoms with Gasteiger partial charge in [0.15, 0.2) is 5.49 Å². The number of pyridine rings is 1. The molecule has 0 aromatic carbocycles. The average Bonchev–Trinajstić information content (AvgIpc) is 2.28. The molecule has 3 nitrogen and oxygen atoms in total. The summed E-state index contributed by atoms with van der Waals surface area (Å²) >= 11 is 0. The molecule has 54 valence electrons. The maximum atomic E-state index is 4.98. The van der Waals surface area contributed by atoms with Crippen molar-refractivity contribution in [3.8, 4) is 0 Å². The van der Waals surface area contributed by atoms with E-state index in [0.717, 1.165) is 5.22 Å². The van der Waals surface area contributed by atoms with Crippen LogP contribution in [0.3, 0.4) is 0 Å². The molecule has 2 rings (SSSR count). The third kappa shape index (κ3) is 1.12. The van der Waals surface area contributed by atoms with E-state index >= 15 is 0 Å². The van der Waals surface area contributed by atoms with Gasteiger partial charge < -0.3 is 4.74 Å². The molecule has 0 amide bonds. The van der Waals surface area contributed by atoms with E-state index in [0.29, 0.717) is 5.49 Å². The van der Waals surface area contributed by atoms with Gasteiger partial charge in [-0.15, -0.1) is 0 Å². The molecule has 3 heteroatoms. The van der Waals surface area contributed by atoms with Crippen LogP contribution in [0.25, 0.3) is 6.26 Å². The number of hydrogen-bond donors (Lipinski definition) is 0. The van der Waals surface area contributed by atoms with Crippen LogP contribution in [0.4, 0.5) is 0 Å². The third-order valence-electron chi connectivity index (χ3n) is 1.35. The molecular formula is C8H6N2O. The minimum atomic E-state index is 0.696. The zero-order valence-electron chi connectivity index (χ0n) is 5.77. The van der Waals surface area contributed by atoms with E-state index < -0.39 is 0 Å². The molecule has 0 saturated carbocycles. The van der Waals surface area contributed by atoms with Gasteiger partial charge in [-0.05, 0) is 12.1 Å². The van der Waals surface area contributed by atoms with Crippen molar-refractivity contribution in [3.05, 3.63) is 41.5 Å². The third-order valence-corrected chi connectivity index (χ3v) is 1.35. The zero-order chi connectivity index (χ0) is 7.52. The van der Waals surface area contributed by atoms with Crippen molar-refractivity contribution < 1.29 is 4.74 Å². The Bertz CT molecular complexity index is 395. The van der Waals surface area contributed by atoms with Gasteiger partial charge in [-0.3, -0.25) is 0 Å². The van der Waals surface area contributed by atoms with Crippen molar-refractivity contribution in [2.45, 2.75) is 0 Å². The summed E-state index contributed by atoms with van der Waals surface area (Å²) in [5.74, 6) is 0. The zero-order valence-corrected chi connectivity index (χ0v) is 5.77. The standard InChI is InChI=1S/C8H6N2O/c1-2-7-6-11-5-4-10-8(7)9-3-1/h1-6H. The first kappa shape index (κ1) is 6.09. The second-order valence-electron chi connectivity index (χ2n) is 2.08. The van der Waals surface area contributed by atoms with Crippen LogP contribution in [-0.4, -0.2) is 4.98 Å². The highest BCUT2D eigenvalue weighted by molar-refractivity contribution is 5.15. The fourth-order valence-electron chi connectivity index (χ4n) is 0.858. The highest BCUT2D eigenvalue weighted by Crippen LogP contribution is 1.81. The number of rotatable bonds is 0. The summed E-state index contributed by atoms with van der Waals surface area (Å²) in [7, 11) is 0. The summed E-state index contributed by atoms with van der Waals surface area (Å²) in [5.41, 5.74) is 0.696. The van der Waals surface area contributed by atoms with Gasteiger partial charge >= 0.3 is 0 Å². The summed E-state index contributed by atoms with van der Waals surface area (Å²) < 4.78 is 4.98. The highest BCUT2D eigenvalue weighted by Gasteiger charge is 1.87. The van der Waals surface area contributed by atoms with Gasteiger partial charge in [-0.1, -0.05) is 0 Å². The molecule has 0 aliphatic carbocycles. The summed E-state index contributed by atoms with van der Waals surface area (Å²) in [4.78, 5) is 8.09. The summed E-state index contributed by atoms with van der Waals surface area (Å²) in [6, 6.07) is 3.75. The molecule has 1 aromatic rings. The molecule has 0 unspecified atom stereocenters. The van der Waals surface area contributed by atoms with Crippen LogP contribution in [0.15, 0.2) is 35.8 Å². The van der Waals surface area contributed by atoms with E-state index in [1.165, 1.54) is 6.26 Å². The van der Waals surface area contributed by atoms with Crippen LogP contribution < -0.4 is 10.7 Å². The Morgan fingerprint density at radius 1 is 1.36 bits per heavy atom. The largest absolute Gasteiger partial charge is 0.470 e. The molecule has 0 bridgehead atoms. The number of ether oxygens (including phenoxy) is 1. The van der Waals surface area contributed by atoms with Gasteiger partial charge in [0.25, 0.3) is 0 Å². The quantitative estimate of drug-likeness (QED) is 0.514. The fourth-order valence-corrected chi connectivity index (χ4v) is 0.858. The molecule has 1 aliphatic heterocycles. The van der Waals surface area contributed by atoms with Crippen LogP contribution in [0.1, 0.15) is 0 Å². The molecular weight excluding hydrogens is 140 g/mol. The predicted octanol–water partition coefficient (Wildman–Crippen LogP) is -0.0594. The first-order valence-electron chi connectivity index (χ1n) is 3.26. The first-order valence-corrected chi connectivity index (χ1v) is 3.26. The number of aromatic nitrogens is 1. The predicted molar refractivity (Wildman–Crippen MR) is 39.7 cm³/mol. The Morgan fingerprint density at radius 3 is 3.36 bits per heavy atom. The van der Waals surface area contributed by atoms with Gasteiger partial charge in [0.05, 0.1) is 11.4 Å². The van der Waals surface area contributed by atoms with Gasteiger partial charge in [-0.25, -0.2) is 9.98 Å². The molecule has 0 atom stereocenters. The van der Waals surface area contributed by atoms with Crippen molar-refractivity contribution in [2.75, 3.05) is 0 Å². The minimum Gasteiger partial charge on any atom is -0.470 e. The molecule has 2 heterocycles. The van der Waals surface area contributed by atoms with E-state index in [9.17, 15) is 0 Å². The van der Waals surface area contributed by atoms with Crippen LogP contribution >= 0.6 is 0 Å². The van der Waals surface area contributed by atoms with E-state index in [1.54, 1.807) is 18.7 Å². The lowest BCUT2D eigenvalue weighted by atomic mass is 10.4. The lowest BCUT2D eigenvalue weighted by Gasteiger charge is -1.84. The van der Waals surface area contributed by atoms with Crippen LogP contribution in [0, 0.1) is 0 Å². The second kappa shape index (κ2) is 2.54. The molecule has 0 spiro atoms. The molecule has 0 fully saturated rings. The molecule has 11 heavy (non-hydrogen) atoms. The number of nitrogens with zero attached hydrogens (tertiary/aromatic N) is 2. The van der Waals surface area contributed by atoms with E-state index in [4.69, 9.17) is 4.74 Å². The first-order chi connectivity index (χ1) is 5.47. The van der Waals surface area contributed by atoms with Gasteiger partial charge in [0.2, 0.25) is 0 Å². The van der Waals surface area contributed by atoms with Crippen molar-refractivity contribution >= 4 is 6.26 Å². The Kier molecular flexibility index (Phi) is 1.41. The smallest absolute Gasteiger partial charge is 0.162 e. The Balaban J connectivity index is 2.81. The van der Waals surface area contributed by atoms with Crippen LogP contribution in [0.2, 0.25) is 0 Å². The second-order valence-corrected chi connectivity index (χ2v) is 2.08. The Labute approximate surface area is 63.4 Å². The Hall–Kier alpha value is -1.64.